The van der Waals surface area contributed by atoms with E-state index in [0.717, 1.165) is 19.3 Å². The predicted molar refractivity (Wildman–Crippen MR) is 156 cm³/mol. The van der Waals surface area contributed by atoms with Crippen LogP contribution in [0.3, 0.4) is 0 Å². The average molecular weight is 566 g/mol. The monoisotopic (exact) mass is 565 g/mol. The molecule has 2 aliphatic carbocycles. The third-order valence-electron chi connectivity index (χ3n) is 7.41. The number of fused-ring (bicyclic) bond motifs is 2. The summed E-state index contributed by atoms with van der Waals surface area (Å²) in [5.41, 5.74) is 1.83. The van der Waals surface area contributed by atoms with Gasteiger partial charge in [0, 0.05) is 56.5 Å². The second kappa shape index (κ2) is 11.3. The fraction of sp³-hybridized carbons (Fsp3) is 0.414. The van der Waals surface area contributed by atoms with Gasteiger partial charge in [-0.05, 0) is 43.2 Å². The molecule has 2 aliphatic rings. The van der Waals surface area contributed by atoms with Gasteiger partial charge in [-0.25, -0.2) is 14.2 Å². The molecule has 5 rings (SSSR count). The molecule has 11 heteroatoms. The molecule has 2 saturated carbocycles. The standard InChI is InChI=1S/C29H34N6O4S/c1-5-25(36)21-14-31-26(34-29(37)20-12-17-9-10-18(20)11-17)13-23(21)33-22-8-6-7-19(28(22)39-2)24-15-32-27(16-30-24)35-40(3,4)38/h6-8,13-18,20H,5,9-12H2,1-4H3,(H2,31,33,34,37)/i1D3. The van der Waals surface area contributed by atoms with E-state index < -0.39 is 28.8 Å². The van der Waals surface area contributed by atoms with Gasteiger partial charge in [0.1, 0.15) is 5.82 Å². The first-order chi connectivity index (χ1) is 20.3. The number of benzene rings is 1. The number of carbonyl (C=O) groups excluding carboxylic acids is 2. The number of ether oxygens (including phenoxy) is 1. The SMILES string of the molecule is [2H]C([2H])([2H])CC(=O)c1cnc(NC(=O)C2CC3CCC2C3)cc1Nc1cccc(-c2cnc(N=S(C)(C)=O)cn2)c1OC. The lowest BCUT2D eigenvalue weighted by atomic mass is 9.88. The van der Waals surface area contributed by atoms with Crippen molar-refractivity contribution in [3.63, 3.8) is 0 Å². The van der Waals surface area contributed by atoms with Gasteiger partial charge in [0.2, 0.25) is 5.91 Å². The van der Waals surface area contributed by atoms with E-state index in [0.29, 0.717) is 34.5 Å². The van der Waals surface area contributed by atoms with Gasteiger partial charge in [0.05, 0.1) is 42.1 Å². The fourth-order valence-corrected chi connectivity index (χ4v) is 6.21. The maximum absolute atomic E-state index is 13.1. The minimum absolute atomic E-state index is 0.0629. The summed E-state index contributed by atoms with van der Waals surface area (Å²) in [5.74, 6) is 1.08. The molecule has 2 heterocycles. The Labute approximate surface area is 238 Å². The van der Waals surface area contributed by atoms with Gasteiger partial charge in [-0.3, -0.25) is 14.6 Å². The first-order valence-corrected chi connectivity index (χ1v) is 15.4. The van der Waals surface area contributed by atoms with Gasteiger partial charge in [-0.2, -0.15) is 4.36 Å². The smallest absolute Gasteiger partial charge is 0.228 e. The molecule has 0 saturated heterocycles. The molecular weight excluding hydrogens is 528 g/mol. The molecule has 1 amide bonds. The molecule has 210 valence electrons. The summed E-state index contributed by atoms with van der Waals surface area (Å²) in [6.45, 7) is -2.47. The van der Waals surface area contributed by atoms with Crippen molar-refractivity contribution in [2.24, 2.45) is 22.1 Å². The summed E-state index contributed by atoms with van der Waals surface area (Å²) in [6.07, 6.45) is 10.7. The number of aromatic nitrogens is 3. The van der Waals surface area contributed by atoms with E-state index in [9.17, 15) is 13.8 Å². The molecule has 3 unspecified atom stereocenters. The van der Waals surface area contributed by atoms with Gasteiger partial charge in [0.25, 0.3) is 0 Å². The number of hydrogen-bond donors (Lipinski definition) is 2. The number of hydrogen-bond acceptors (Lipinski definition) is 9. The zero-order valence-electron chi connectivity index (χ0n) is 25.6. The van der Waals surface area contributed by atoms with E-state index >= 15 is 0 Å². The van der Waals surface area contributed by atoms with Crippen LogP contribution in [0, 0.1) is 17.8 Å². The van der Waals surface area contributed by atoms with E-state index in [4.69, 9.17) is 8.85 Å². The van der Waals surface area contributed by atoms with Crippen LogP contribution >= 0.6 is 0 Å². The number of methoxy groups -OCH3 is 1. The summed E-state index contributed by atoms with van der Waals surface area (Å²) in [7, 11) is -0.922. The maximum atomic E-state index is 13.1. The summed E-state index contributed by atoms with van der Waals surface area (Å²) in [5, 5.41) is 6.10. The van der Waals surface area contributed by atoms with Crippen molar-refractivity contribution < 1.29 is 22.6 Å². The molecule has 0 aliphatic heterocycles. The van der Waals surface area contributed by atoms with E-state index in [2.05, 4.69) is 29.9 Å². The molecule has 3 aromatic rings. The number of carbonyl (C=O) groups is 2. The van der Waals surface area contributed by atoms with Crippen molar-refractivity contribution in [1.29, 1.82) is 0 Å². The summed E-state index contributed by atoms with van der Waals surface area (Å²) in [4.78, 5) is 39.1. The van der Waals surface area contributed by atoms with Crippen LogP contribution in [0.2, 0.25) is 0 Å². The number of nitrogens with zero attached hydrogens (tertiary/aromatic N) is 4. The Balaban J connectivity index is 1.47. The minimum Gasteiger partial charge on any atom is -0.494 e. The molecule has 3 atom stereocenters. The van der Waals surface area contributed by atoms with Crippen molar-refractivity contribution in [2.75, 3.05) is 30.3 Å². The van der Waals surface area contributed by atoms with Crippen molar-refractivity contribution >= 4 is 44.4 Å². The second-order valence-electron chi connectivity index (χ2n) is 10.5. The van der Waals surface area contributed by atoms with Crippen molar-refractivity contribution in [1.82, 2.24) is 15.0 Å². The van der Waals surface area contributed by atoms with Crippen molar-refractivity contribution in [3.05, 3.63) is 48.4 Å². The topological polar surface area (TPSA) is 136 Å². The zero-order valence-corrected chi connectivity index (χ0v) is 23.5. The molecule has 2 N–H and O–H groups in total. The normalized spacial score (nSPS) is 21.2. The van der Waals surface area contributed by atoms with Crippen LogP contribution < -0.4 is 15.4 Å². The number of rotatable bonds is 9. The van der Waals surface area contributed by atoms with Gasteiger partial charge in [-0.15, -0.1) is 0 Å². The van der Waals surface area contributed by atoms with E-state index in [1.54, 1.807) is 18.2 Å². The second-order valence-corrected chi connectivity index (χ2v) is 13.1. The number of Topliss-reactive ketones (excluding diaryl/α,β-unsaturated/α-hetero) is 1. The van der Waals surface area contributed by atoms with Gasteiger partial charge >= 0.3 is 0 Å². The molecule has 2 aromatic heterocycles. The Bertz CT molecular complexity index is 1660. The summed E-state index contributed by atoms with van der Waals surface area (Å²) >= 11 is 0. The van der Waals surface area contributed by atoms with E-state index in [1.807, 2.05) is 0 Å². The lowest BCUT2D eigenvalue weighted by molar-refractivity contribution is -0.121. The first-order valence-electron chi connectivity index (χ1n) is 14.6. The molecule has 2 bridgehead atoms. The Morgan fingerprint density at radius 1 is 1.12 bits per heavy atom. The van der Waals surface area contributed by atoms with Crippen LogP contribution in [0.25, 0.3) is 11.3 Å². The molecule has 2 fully saturated rings. The van der Waals surface area contributed by atoms with Crippen molar-refractivity contribution in [2.45, 2.75) is 39.0 Å². The quantitative estimate of drug-likeness (QED) is 0.319. The van der Waals surface area contributed by atoms with Crippen LogP contribution in [0.1, 0.15) is 53.4 Å². The molecule has 40 heavy (non-hydrogen) atoms. The molecule has 0 radical (unpaired) electrons. The van der Waals surface area contributed by atoms with Crippen LogP contribution in [0.4, 0.5) is 23.0 Å². The fourth-order valence-electron chi connectivity index (χ4n) is 5.66. The van der Waals surface area contributed by atoms with Crippen LogP contribution in [-0.4, -0.2) is 50.5 Å². The number of para-hydroxylation sites is 1. The Morgan fingerprint density at radius 3 is 2.62 bits per heavy atom. The minimum atomic E-state index is -2.47. The third kappa shape index (κ3) is 5.99. The Hall–Kier alpha value is -3.86. The van der Waals surface area contributed by atoms with E-state index in [-0.39, 0.29) is 34.7 Å². The van der Waals surface area contributed by atoms with Crippen molar-refractivity contribution in [3.8, 4) is 17.0 Å². The summed E-state index contributed by atoms with van der Waals surface area (Å²) < 4.78 is 44.6. The first kappa shape index (κ1) is 24.0. The number of nitrogens with one attached hydrogen (secondary N) is 2. The lowest BCUT2D eigenvalue weighted by Gasteiger charge is -2.21. The Kier molecular flexibility index (Phi) is 6.79. The number of anilines is 3. The highest BCUT2D eigenvalue weighted by atomic mass is 32.2. The zero-order chi connectivity index (χ0) is 30.9. The summed E-state index contributed by atoms with van der Waals surface area (Å²) in [6, 6.07) is 6.80. The molecule has 0 spiro atoms. The van der Waals surface area contributed by atoms with Gasteiger partial charge in [-0.1, -0.05) is 19.3 Å². The lowest BCUT2D eigenvalue weighted by Crippen LogP contribution is -2.27. The van der Waals surface area contributed by atoms with Crippen LogP contribution in [0.5, 0.6) is 5.75 Å². The number of pyridine rings is 1. The average Bonchev–Trinajstić information content (AvgIpc) is 3.56. The molecular formula is C29H34N6O4S. The van der Waals surface area contributed by atoms with Crippen LogP contribution in [-0.2, 0) is 14.5 Å². The van der Waals surface area contributed by atoms with E-state index in [1.165, 1.54) is 50.7 Å². The maximum Gasteiger partial charge on any atom is 0.228 e. The number of ketones is 1. The third-order valence-corrected chi connectivity index (χ3v) is 8.03. The molecule has 1 aromatic carbocycles. The van der Waals surface area contributed by atoms with Crippen LogP contribution in [0.15, 0.2) is 47.2 Å². The highest BCUT2D eigenvalue weighted by molar-refractivity contribution is 7.92. The Morgan fingerprint density at radius 2 is 1.98 bits per heavy atom. The highest BCUT2D eigenvalue weighted by Gasteiger charge is 2.43. The predicted octanol–water partition coefficient (Wildman–Crippen LogP) is 5.62. The molecule has 10 nitrogen and oxygen atoms in total. The highest BCUT2D eigenvalue weighted by Crippen LogP contribution is 2.48. The number of amides is 1. The van der Waals surface area contributed by atoms with Gasteiger partial charge < -0.3 is 15.4 Å². The largest absolute Gasteiger partial charge is 0.494 e. The van der Waals surface area contributed by atoms with Gasteiger partial charge in [0.15, 0.2) is 17.4 Å².